The summed E-state index contributed by atoms with van der Waals surface area (Å²) < 4.78 is 4.86. The molecule has 0 radical (unpaired) electrons. The minimum absolute atomic E-state index is 0.0760. The summed E-state index contributed by atoms with van der Waals surface area (Å²) in [7, 11) is 1.36. The normalized spacial score (nSPS) is 16.6. The third-order valence-electron chi connectivity index (χ3n) is 4.97. The minimum Gasteiger partial charge on any atom is -0.465 e. The average Bonchev–Trinajstić information content (AvgIpc) is 2.95. The zero-order valence-corrected chi connectivity index (χ0v) is 16.7. The van der Waals surface area contributed by atoms with Crippen molar-refractivity contribution in [3.8, 4) is 0 Å². The fraction of sp³-hybridized carbons (Fsp3) is 0.333. The van der Waals surface area contributed by atoms with Crippen molar-refractivity contribution in [1.29, 1.82) is 0 Å². The van der Waals surface area contributed by atoms with Crippen LogP contribution in [0.4, 0.5) is 5.00 Å². The van der Waals surface area contributed by atoms with E-state index in [0.717, 1.165) is 30.0 Å². The Morgan fingerprint density at radius 3 is 2.59 bits per heavy atom. The Morgan fingerprint density at radius 1 is 1.22 bits per heavy atom. The van der Waals surface area contributed by atoms with E-state index in [1.165, 1.54) is 34.5 Å². The number of hydrogen-bond acceptors (Lipinski definition) is 4. The predicted molar refractivity (Wildman–Crippen MR) is 108 cm³/mol. The van der Waals surface area contributed by atoms with Gasteiger partial charge >= 0.3 is 5.97 Å². The molecule has 1 aromatic heterocycles. The summed E-state index contributed by atoms with van der Waals surface area (Å²) >= 11 is 1.42. The molecule has 1 aromatic carbocycles. The van der Waals surface area contributed by atoms with Crippen molar-refractivity contribution in [2.45, 2.75) is 20.3 Å². The topological polar surface area (TPSA) is 59.8 Å². The maximum Gasteiger partial charge on any atom is 0.341 e. The molecule has 2 N–H and O–H groups in total. The molecule has 1 unspecified atom stereocenters. The number of thiophene rings is 1. The highest BCUT2D eigenvalue weighted by Crippen LogP contribution is 2.32. The van der Waals surface area contributed by atoms with Crippen LogP contribution in [0.3, 0.4) is 0 Å². The lowest BCUT2D eigenvalue weighted by molar-refractivity contribution is -0.886. The molecule has 0 spiro atoms. The van der Waals surface area contributed by atoms with Crippen LogP contribution < -0.4 is 10.2 Å². The van der Waals surface area contributed by atoms with Crippen molar-refractivity contribution in [2.75, 3.05) is 32.1 Å². The molecule has 1 atom stereocenters. The van der Waals surface area contributed by atoms with Gasteiger partial charge < -0.3 is 15.0 Å². The largest absolute Gasteiger partial charge is 0.465 e. The maximum absolute atomic E-state index is 12.5. The number of amides is 1. The van der Waals surface area contributed by atoms with Gasteiger partial charge in [-0.1, -0.05) is 30.3 Å². The fourth-order valence-corrected chi connectivity index (χ4v) is 4.38. The van der Waals surface area contributed by atoms with Gasteiger partial charge in [-0.15, -0.1) is 11.3 Å². The maximum atomic E-state index is 12.5. The Kier molecular flexibility index (Phi) is 6.08. The van der Waals surface area contributed by atoms with Gasteiger partial charge in [0.05, 0.1) is 25.8 Å². The zero-order chi connectivity index (χ0) is 19.4. The number of ether oxygens (including phenoxy) is 1. The minimum atomic E-state index is -0.409. The second kappa shape index (κ2) is 8.50. The Balaban J connectivity index is 1.62. The van der Waals surface area contributed by atoms with Crippen LogP contribution in [0.15, 0.2) is 36.4 Å². The van der Waals surface area contributed by atoms with Gasteiger partial charge in [-0.3, -0.25) is 4.79 Å². The Labute approximate surface area is 163 Å². The first-order valence-corrected chi connectivity index (χ1v) is 9.87. The lowest BCUT2D eigenvalue weighted by Crippen LogP contribution is -3.13. The average molecular weight is 386 g/mol. The van der Waals surface area contributed by atoms with Crippen LogP contribution in [-0.4, -0.2) is 38.6 Å². The molecule has 0 bridgehead atoms. The lowest BCUT2D eigenvalue weighted by Gasteiger charge is -2.23. The van der Waals surface area contributed by atoms with Crippen molar-refractivity contribution >= 4 is 33.8 Å². The molecule has 27 heavy (non-hydrogen) atoms. The molecule has 1 aliphatic heterocycles. The van der Waals surface area contributed by atoms with E-state index in [-0.39, 0.29) is 5.91 Å². The van der Waals surface area contributed by atoms with Crippen molar-refractivity contribution in [3.63, 3.8) is 0 Å². The number of aryl methyl sites for hydroxylation is 1. The SMILES string of the molecule is COC(=O)c1c(NC(=O)C[NH+]2CC=C(c3ccccc3)CC2)sc(C)c1C. The highest BCUT2D eigenvalue weighted by molar-refractivity contribution is 7.16. The molecule has 0 saturated carbocycles. The molecular formula is C21H25N2O3S+. The Hall–Kier alpha value is -2.44. The number of benzene rings is 1. The summed E-state index contributed by atoms with van der Waals surface area (Å²) in [6.07, 6.45) is 3.18. The number of nitrogens with one attached hydrogen (secondary N) is 2. The molecule has 0 saturated heterocycles. The third-order valence-corrected chi connectivity index (χ3v) is 6.09. The number of hydrogen-bond donors (Lipinski definition) is 2. The van der Waals surface area contributed by atoms with Gasteiger partial charge in [0.2, 0.25) is 0 Å². The highest BCUT2D eigenvalue weighted by Gasteiger charge is 2.24. The summed E-state index contributed by atoms with van der Waals surface area (Å²) in [5, 5.41) is 3.50. The van der Waals surface area contributed by atoms with Gasteiger partial charge in [0.25, 0.3) is 5.91 Å². The number of methoxy groups -OCH3 is 1. The first-order chi connectivity index (χ1) is 13.0. The molecule has 6 heteroatoms. The van der Waals surface area contributed by atoms with Gasteiger partial charge in [-0.25, -0.2) is 4.79 Å². The number of esters is 1. The van der Waals surface area contributed by atoms with Crippen molar-refractivity contribution in [3.05, 3.63) is 58.0 Å². The van der Waals surface area contributed by atoms with E-state index < -0.39 is 5.97 Å². The van der Waals surface area contributed by atoms with Crippen molar-refractivity contribution in [2.24, 2.45) is 0 Å². The van der Waals surface area contributed by atoms with Crippen LogP contribution in [0, 0.1) is 13.8 Å². The van der Waals surface area contributed by atoms with Crippen LogP contribution in [-0.2, 0) is 9.53 Å². The lowest BCUT2D eigenvalue weighted by atomic mass is 10.00. The number of carbonyl (C=O) groups is 2. The molecule has 1 aliphatic rings. The third kappa shape index (κ3) is 4.46. The molecule has 3 rings (SSSR count). The number of anilines is 1. The van der Waals surface area contributed by atoms with Crippen LogP contribution in [0.5, 0.6) is 0 Å². The molecule has 2 heterocycles. The van der Waals surface area contributed by atoms with E-state index in [1.54, 1.807) is 0 Å². The second-order valence-electron chi connectivity index (χ2n) is 6.75. The van der Waals surface area contributed by atoms with Gasteiger partial charge in [0, 0.05) is 11.3 Å². The van der Waals surface area contributed by atoms with E-state index in [0.29, 0.717) is 17.1 Å². The summed E-state index contributed by atoms with van der Waals surface area (Å²) in [4.78, 5) is 26.8. The van der Waals surface area contributed by atoms with E-state index in [1.807, 2.05) is 32.0 Å². The van der Waals surface area contributed by atoms with Crippen LogP contribution >= 0.6 is 11.3 Å². The molecule has 2 aromatic rings. The molecule has 5 nitrogen and oxygen atoms in total. The molecule has 0 fully saturated rings. The van der Waals surface area contributed by atoms with Crippen LogP contribution in [0.1, 0.15) is 32.8 Å². The predicted octanol–water partition coefficient (Wildman–Crippen LogP) is 2.46. The smallest absolute Gasteiger partial charge is 0.341 e. The van der Waals surface area contributed by atoms with Crippen LogP contribution in [0.2, 0.25) is 0 Å². The first kappa shape index (κ1) is 19.3. The standard InChI is InChI=1S/C21H24N2O3S/c1-14-15(2)27-20(19(14)21(25)26-3)22-18(24)13-23-11-9-17(10-12-23)16-7-5-4-6-8-16/h4-9H,10-13H2,1-3H3,(H,22,24)/p+1. The van der Waals surface area contributed by atoms with Crippen LogP contribution in [0.25, 0.3) is 5.57 Å². The number of carbonyl (C=O) groups excluding carboxylic acids is 2. The van der Waals surface area contributed by atoms with Gasteiger partial charge in [-0.2, -0.15) is 0 Å². The van der Waals surface area contributed by atoms with E-state index >= 15 is 0 Å². The number of quaternary nitrogens is 1. The highest BCUT2D eigenvalue weighted by atomic mass is 32.1. The molecule has 142 valence electrons. The van der Waals surface area contributed by atoms with Crippen molar-refractivity contribution in [1.82, 2.24) is 0 Å². The van der Waals surface area contributed by atoms with E-state index in [4.69, 9.17) is 4.74 Å². The van der Waals surface area contributed by atoms with Crippen molar-refractivity contribution < 1.29 is 19.2 Å². The Bertz CT molecular complexity index is 871. The summed E-state index contributed by atoms with van der Waals surface area (Å²) in [6, 6.07) is 10.4. The van der Waals surface area contributed by atoms with Gasteiger partial charge in [0.1, 0.15) is 5.00 Å². The second-order valence-corrected chi connectivity index (χ2v) is 7.98. The monoisotopic (exact) mass is 385 g/mol. The van der Waals surface area contributed by atoms with Gasteiger partial charge in [-0.05, 0) is 36.6 Å². The molecule has 1 amide bonds. The first-order valence-electron chi connectivity index (χ1n) is 9.05. The molecule has 0 aliphatic carbocycles. The quantitative estimate of drug-likeness (QED) is 0.778. The number of rotatable bonds is 5. The zero-order valence-electron chi connectivity index (χ0n) is 15.9. The Morgan fingerprint density at radius 2 is 1.96 bits per heavy atom. The molecular weight excluding hydrogens is 360 g/mol. The van der Waals surface area contributed by atoms with E-state index in [9.17, 15) is 9.59 Å². The van der Waals surface area contributed by atoms with E-state index in [2.05, 4.69) is 23.5 Å². The summed E-state index contributed by atoms with van der Waals surface area (Å²) in [6.45, 7) is 5.94. The fourth-order valence-electron chi connectivity index (χ4n) is 3.32. The summed E-state index contributed by atoms with van der Waals surface area (Å²) in [5.74, 6) is -0.485. The summed E-state index contributed by atoms with van der Waals surface area (Å²) in [5.41, 5.74) is 3.93. The van der Waals surface area contributed by atoms with Gasteiger partial charge in [0.15, 0.2) is 6.54 Å².